The smallest absolute Gasteiger partial charge is 0.225 e. The summed E-state index contributed by atoms with van der Waals surface area (Å²) in [5.41, 5.74) is 7.06. The fourth-order valence-electron chi connectivity index (χ4n) is 1.35. The molecule has 0 fully saturated rings. The number of carbonyl (C=O) groups is 1. The Bertz CT molecular complexity index is 382. The Morgan fingerprint density at radius 3 is 2.83 bits per heavy atom. The first kappa shape index (κ1) is 14.9. The van der Waals surface area contributed by atoms with Crippen LogP contribution < -0.4 is 11.1 Å². The molecule has 0 unspecified atom stereocenters. The Labute approximate surface area is 113 Å². The Hall–Kier alpha value is -1.20. The van der Waals surface area contributed by atoms with Crippen molar-refractivity contribution < 1.29 is 4.79 Å². The van der Waals surface area contributed by atoms with Gasteiger partial charge in [0.05, 0.1) is 0 Å². The van der Waals surface area contributed by atoms with Crippen LogP contribution in [0.2, 0.25) is 0 Å². The first-order valence-corrected chi connectivity index (χ1v) is 7.11. The van der Waals surface area contributed by atoms with Gasteiger partial charge in [-0.2, -0.15) is 11.8 Å². The zero-order valence-corrected chi connectivity index (χ0v) is 11.8. The molecule has 0 aliphatic heterocycles. The number of amides is 1. The van der Waals surface area contributed by atoms with Gasteiger partial charge in [-0.1, -0.05) is 6.07 Å². The van der Waals surface area contributed by atoms with Crippen LogP contribution >= 0.6 is 11.8 Å². The molecule has 0 heterocycles. The molecule has 0 aromatic heterocycles. The van der Waals surface area contributed by atoms with Crippen molar-refractivity contribution in [3.05, 3.63) is 24.3 Å². The Morgan fingerprint density at radius 2 is 2.17 bits per heavy atom. The fraction of sp³-hybridized carbons (Fsp3) is 0.462. The molecule has 0 radical (unpaired) electrons. The van der Waals surface area contributed by atoms with Gasteiger partial charge in [0, 0.05) is 35.8 Å². The minimum atomic E-state index is 0.0398. The number of benzene rings is 1. The number of nitrogens with one attached hydrogen (secondary N) is 1. The molecule has 0 aliphatic rings. The number of anilines is 2. The third-order valence-electron chi connectivity index (χ3n) is 2.33. The highest BCUT2D eigenvalue weighted by atomic mass is 32.2. The molecule has 0 spiro atoms. The van der Waals surface area contributed by atoms with E-state index >= 15 is 0 Å². The third-order valence-corrected chi connectivity index (χ3v) is 3.29. The second-order valence-electron chi connectivity index (χ2n) is 4.34. The molecular weight excluding hydrogens is 246 g/mol. The van der Waals surface area contributed by atoms with E-state index in [4.69, 9.17) is 5.73 Å². The lowest BCUT2D eigenvalue weighted by molar-refractivity contribution is -0.115. The van der Waals surface area contributed by atoms with Crippen molar-refractivity contribution in [2.24, 2.45) is 0 Å². The second kappa shape index (κ2) is 8.00. The molecule has 0 saturated heterocycles. The standard InChI is InChI=1S/C13H21N3OS/c1-16(2)7-9-18-8-6-13(17)15-12-5-3-4-11(14)10-12/h3-5,10H,6-9,14H2,1-2H3,(H,15,17). The first-order chi connectivity index (χ1) is 8.58. The molecular formula is C13H21N3OS. The van der Waals surface area contributed by atoms with Gasteiger partial charge >= 0.3 is 0 Å². The molecule has 3 N–H and O–H groups in total. The van der Waals surface area contributed by atoms with Gasteiger partial charge in [0.2, 0.25) is 5.91 Å². The van der Waals surface area contributed by atoms with Crippen LogP contribution in [-0.4, -0.2) is 43.0 Å². The number of rotatable bonds is 7. The number of nitrogen functional groups attached to an aromatic ring is 1. The summed E-state index contributed by atoms with van der Waals surface area (Å²) in [4.78, 5) is 13.8. The van der Waals surface area contributed by atoms with Gasteiger partial charge in [0.1, 0.15) is 0 Å². The number of thioether (sulfide) groups is 1. The number of nitrogens with two attached hydrogens (primary N) is 1. The predicted molar refractivity (Wildman–Crippen MR) is 80.0 cm³/mol. The maximum atomic E-state index is 11.6. The van der Waals surface area contributed by atoms with Crippen LogP contribution in [0.25, 0.3) is 0 Å². The van der Waals surface area contributed by atoms with Crippen LogP contribution in [0.5, 0.6) is 0 Å². The van der Waals surface area contributed by atoms with E-state index in [0.717, 1.165) is 23.7 Å². The zero-order chi connectivity index (χ0) is 13.4. The molecule has 1 aromatic carbocycles. The SMILES string of the molecule is CN(C)CCSCCC(=O)Nc1cccc(N)c1. The molecule has 4 nitrogen and oxygen atoms in total. The maximum absolute atomic E-state index is 11.6. The minimum absolute atomic E-state index is 0.0398. The van der Waals surface area contributed by atoms with Gasteiger partial charge < -0.3 is 16.0 Å². The summed E-state index contributed by atoms with van der Waals surface area (Å²) in [6, 6.07) is 7.23. The van der Waals surface area contributed by atoms with Gasteiger partial charge in [-0.25, -0.2) is 0 Å². The highest BCUT2D eigenvalue weighted by Crippen LogP contribution is 2.12. The molecule has 1 aromatic rings. The lowest BCUT2D eigenvalue weighted by Crippen LogP contribution is -2.16. The lowest BCUT2D eigenvalue weighted by Gasteiger charge is -2.09. The van der Waals surface area contributed by atoms with Crippen LogP contribution in [0.3, 0.4) is 0 Å². The summed E-state index contributed by atoms with van der Waals surface area (Å²) in [6.45, 7) is 1.04. The van der Waals surface area contributed by atoms with Crippen molar-refractivity contribution in [2.75, 3.05) is 43.2 Å². The highest BCUT2D eigenvalue weighted by Gasteiger charge is 2.02. The Balaban J connectivity index is 2.18. The van der Waals surface area contributed by atoms with E-state index in [1.165, 1.54) is 0 Å². The van der Waals surface area contributed by atoms with E-state index < -0.39 is 0 Å². The van der Waals surface area contributed by atoms with Gasteiger partial charge in [0.25, 0.3) is 0 Å². The van der Waals surface area contributed by atoms with Gasteiger partial charge in [-0.3, -0.25) is 4.79 Å². The Morgan fingerprint density at radius 1 is 1.39 bits per heavy atom. The number of carbonyl (C=O) groups excluding carboxylic acids is 1. The van der Waals surface area contributed by atoms with Crippen molar-refractivity contribution in [1.82, 2.24) is 4.90 Å². The summed E-state index contributed by atoms with van der Waals surface area (Å²) in [5, 5.41) is 2.84. The molecule has 0 aliphatic carbocycles. The summed E-state index contributed by atoms with van der Waals surface area (Å²) in [7, 11) is 4.10. The van der Waals surface area contributed by atoms with Gasteiger partial charge in [-0.05, 0) is 32.3 Å². The normalized spacial score (nSPS) is 10.6. The average Bonchev–Trinajstić information content (AvgIpc) is 2.28. The fourth-order valence-corrected chi connectivity index (χ4v) is 2.38. The maximum Gasteiger partial charge on any atom is 0.225 e. The summed E-state index contributed by atoms with van der Waals surface area (Å²) < 4.78 is 0. The molecule has 1 amide bonds. The molecule has 5 heteroatoms. The van der Waals surface area contributed by atoms with Crippen molar-refractivity contribution >= 4 is 29.0 Å². The monoisotopic (exact) mass is 267 g/mol. The average molecular weight is 267 g/mol. The number of hydrogen-bond acceptors (Lipinski definition) is 4. The summed E-state index contributed by atoms with van der Waals surface area (Å²) in [5.74, 6) is 1.94. The third kappa shape index (κ3) is 6.51. The van der Waals surface area contributed by atoms with E-state index in [1.54, 1.807) is 23.9 Å². The van der Waals surface area contributed by atoms with Crippen LogP contribution in [0, 0.1) is 0 Å². The van der Waals surface area contributed by atoms with E-state index in [1.807, 2.05) is 26.2 Å². The molecule has 0 bridgehead atoms. The van der Waals surface area contributed by atoms with Crippen LogP contribution in [0.15, 0.2) is 24.3 Å². The molecule has 0 saturated carbocycles. The largest absolute Gasteiger partial charge is 0.399 e. The van der Waals surface area contributed by atoms with E-state index in [9.17, 15) is 4.79 Å². The molecule has 0 atom stereocenters. The van der Waals surface area contributed by atoms with E-state index in [2.05, 4.69) is 10.2 Å². The quantitative estimate of drug-likeness (QED) is 0.585. The second-order valence-corrected chi connectivity index (χ2v) is 5.56. The summed E-state index contributed by atoms with van der Waals surface area (Å²) >= 11 is 1.80. The number of nitrogens with zero attached hydrogens (tertiary/aromatic N) is 1. The van der Waals surface area contributed by atoms with Crippen molar-refractivity contribution in [2.45, 2.75) is 6.42 Å². The van der Waals surface area contributed by atoms with Crippen LogP contribution in [0.4, 0.5) is 11.4 Å². The van der Waals surface area contributed by atoms with Crippen LogP contribution in [-0.2, 0) is 4.79 Å². The van der Waals surface area contributed by atoms with Crippen molar-refractivity contribution in [1.29, 1.82) is 0 Å². The molecule has 18 heavy (non-hydrogen) atoms. The molecule has 1 rings (SSSR count). The van der Waals surface area contributed by atoms with Crippen molar-refractivity contribution in [3.63, 3.8) is 0 Å². The molecule has 100 valence electrons. The van der Waals surface area contributed by atoms with Crippen LogP contribution in [0.1, 0.15) is 6.42 Å². The zero-order valence-electron chi connectivity index (χ0n) is 11.0. The first-order valence-electron chi connectivity index (χ1n) is 5.96. The topological polar surface area (TPSA) is 58.4 Å². The predicted octanol–water partition coefficient (Wildman–Crippen LogP) is 1.89. The van der Waals surface area contributed by atoms with E-state index in [0.29, 0.717) is 12.1 Å². The van der Waals surface area contributed by atoms with Gasteiger partial charge in [-0.15, -0.1) is 0 Å². The van der Waals surface area contributed by atoms with Gasteiger partial charge in [0.15, 0.2) is 0 Å². The van der Waals surface area contributed by atoms with E-state index in [-0.39, 0.29) is 5.91 Å². The highest BCUT2D eigenvalue weighted by molar-refractivity contribution is 7.99. The lowest BCUT2D eigenvalue weighted by atomic mass is 10.3. The number of hydrogen-bond donors (Lipinski definition) is 2. The Kier molecular flexibility index (Phi) is 6.60. The minimum Gasteiger partial charge on any atom is -0.399 e. The summed E-state index contributed by atoms with van der Waals surface area (Å²) in [6.07, 6.45) is 0.535. The van der Waals surface area contributed by atoms with Crippen molar-refractivity contribution in [3.8, 4) is 0 Å².